The van der Waals surface area contributed by atoms with E-state index in [-0.39, 0.29) is 5.97 Å². The van der Waals surface area contributed by atoms with E-state index in [4.69, 9.17) is 3.07 Å². The summed E-state index contributed by atoms with van der Waals surface area (Å²) in [6.45, 7) is 6.62. The molecule has 0 amide bonds. The average molecular weight is 403 g/mol. The van der Waals surface area contributed by atoms with Gasteiger partial charge >= 0.3 is 137 Å². The summed E-state index contributed by atoms with van der Waals surface area (Å²) in [5.41, 5.74) is 0. The molecule has 0 aromatic rings. The second-order valence-corrected chi connectivity index (χ2v) is 18.7. The summed E-state index contributed by atoms with van der Waals surface area (Å²) in [4.78, 5) is 12.3. The van der Waals surface area contributed by atoms with E-state index in [1.165, 1.54) is 66.7 Å². The van der Waals surface area contributed by atoms with E-state index >= 15 is 0 Å². The standard InChI is InChI=1S/C6H11.C4H8O2.2C4H9.Sn/c1-2-4-6-5-3-1;1-2-3-4(5)6;2*1-3-4-2;/h1H,2-6H2;2-3H2,1H3,(H,5,6);2*1,3-4H2,2H3;/q;;;;+1/p-1. The normalized spacial score (nSPS) is 16.9. The molecule has 0 unspecified atom stereocenters. The molecule has 1 rings (SSSR count). The van der Waals surface area contributed by atoms with Gasteiger partial charge in [-0.25, -0.2) is 0 Å². The maximum atomic E-state index is 12.3. The fraction of sp³-hybridized carbons (Fsp3) is 0.944. The SMILES string of the molecule is CCC[CH2][Sn]([CH2]CCC)([O]C(=O)CCC)[CH]1CCCCC1. The van der Waals surface area contributed by atoms with Gasteiger partial charge in [-0.3, -0.25) is 0 Å². The molecule has 1 aliphatic carbocycles. The molecule has 3 heteroatoms. The van der Waals surface area contributed by atoms with E-state index < -0.39 is 18.8 Å². The van der Waals surface area contributed by atoms with Crippen molar-refractivity contribution >= 4 is 24.8 Å². The third-order valence-corrected chi connectivity index (χ3v) is 19.6. The van der Waals surface area contributed by atoms with Crippen LogP contribution >= 0.6 is 0 Å². The van der Waals surface area contributed by atoms with Crippen molar-refractivity contribution in [2.45, 2.75) is 104 Å². The van der Waals surface area contributed by atoms with Gasteiger partial charge in [0.25, 0.3) is 0 Å². The topological polar surface area (TPSA) is 26.3 Å². The van der Waals surface area contributed by atoms with Crippen LogP contribution in [0.3, 0.4) is 0 Å². The monoisotopic (exact) mass is 404 g/mol. The van der Waals surface area contributed by atoms with Crippen molar-refractivity contribution in [1.82, 2.24) is 0 Å². The van der Waals surface area contributed by atoms with Crippen molar-refractivity contribution < 1.29 is 7.87 Å². The van der Waals surface area contributed by atoms with Gasteiger partial charge in [-0.1, -0.05) is 0 Å². The van der Waals surface area contributed by atoms with Crippen LogP contribution in [-0.2, 0) is 7.87 Å². The summed E-state index contributed by atoms with van der Waals surface area (Å²) in [5.74, 6) is 0.131. The van der Waals surface area contributed by atoms with Crippen LogP contribution in [0.25, 0.3) is 0 Å². The predicted molar refractivity (Wildman–Crippen MR) is 93.0 cm³/mol. The van der Waals surface area contributed by atoms with Gasteiger partial charge in [0.05, 0.1) is 0 Å². The third-order valence-electron chi connectivity index (χ3n) is 5.03. The first-order valence-electron chi connectivity index (χ1n) is 9.40. The Kier molecular flexibility index (Phi) is 10.0. The average Bonchev–Trinajstić information content (AvgIpc) is 2.51. The van der Waals surface area contributed by atoms with E-state index in [2.05, 4.69) is 20.8 Å². The number of carbonyl (C=O) groups excluding carboxylic acids is 1. The van der Waals surface area contributed by atoms with Crippen molar-refractivity contribution in [3.63, 3.8) is 0 Å². The molecule has 21 heavy (non-hydrogen) atoms. The van der Waals surface area contributed by atoms with Crippen molar-refractivity contribution in [3.05, 3.63) is 0 Å². The van der Waals surface area contributed by atoms with Crippen LogP contribution in [-0.4, -0.2) is 24.8 Å². The summed E-state index contributed by atoms with van der Waals surface area (Å²) in [6.07, 6.45) is 13.4. The molecule has 0 aliphatic heterocycles. The Morgan fingerprint density at radius 2 is 1.52 bits per heavy atom. The number of hydrogen-bond acceptors (Lipinski definition) is 2. The van der Waals surface area contributed by atoms with Crippen molar-refractivity contribution in [2.24, 2.45) is 0 Å². The molecule has 0 bridgehead atoms. The van der Waals surface area contributed by atoms with Crippen molar-refractivity contribution in [1.29, 1.82) is 0 Å². The fourth-order valence-corrected chi connectivity index (χ4v) is 19.1. The van der Waals surface area contributed by atoms with Crippen LogP contribution in [0.1, 0.15) is 91.4 Å². The molecule has 1 fully saturated rings. The van der Waals surface area contributed by atoms with Gasteiger partial charge < -0.3 is 0 Å². The van der Waals surface area contributed by atoms with Crippen molar-refractivity contribution in [3.8, 4) is 0 Å². The summed E-state index contributed by atoms with van der Waals surface area (Å²) in [6, 6.07) is 0. The van der Waals surface area contributed by atoms with Crippen LogP contribution in [0, 0.1) is 0 Å². The summed E-state index contributed by atoms with van der Waals surface area (Å²) >= 11 is -2.77. The van der Waals surface area contributed by atoms with E-state index in [1.54, 1.807) is 0 Å². The molecule has 0 spiro atoms. The van der Waals surface area contributed by atoms with E-state index in [1.807, 2.05) is 0 Å². The molecule has 0 aromatic carbocycles. The molecular weight excluding hydrogens is 367 g/mol. The van der Waals surface area contributed by atoms with Crippen LogP contribution in [0.15, 0.2) is 0 Å². The third kappa shape index (κ3) is 6.50. The minimum absolute atomic E-state index is 0.131. The molecule has 0 aromatic heterocycles. The quantitative estimate of drug-likeness (QED) is 0.406. The number of unbranched alkanes of at least 4 members (excludes halogenated alkanes) is 2. The van der Waals surface area contributed by atoms with Gasteiger partial charge in [0.2, 0.25) is 0 Å². The first-order valence-corrected chi connectivity index (χ1v) is 16.2. The Balaban J connectivity index is 2.85. The first kappa shape index (κ1) is 19.3. The molecule has 0 radical (unpaired) electrons. The van der Waals surface area contributed by atoms with E-state index in [0.29, 0.717) is 6.42 Å². The number of rotatable bonds is 10. The van der Waals surface area contributed by atoms with Crippen molar-refractivity contribution in [2.75, 3.05) is 0 Å². The van der Waals surface area contributed by atoms with Crippen LogP contribution in [0.4, 0.5) is 0 Å². The van der Waals surface area contributed by atoms with Gasteiger partial charge in [-0.05, 0) is 0 Å². The summed E-state index contributed by atoms with van der Waals surface area (Å²) < 4.78 is 9.77. The molecule has 124 valence electrons. The Morgan fingerprint density at radius 1 is 0.952 bits per heavy atom. The Labute approximate surface area is 136 Å². The Bertz CT molecular complexity index is 277. The molecule has 0 N–H and O–H groups in total. The number of carbonyl (C=O) groups is 1. The van der Waals surface area contributed by atoms with E-state index in [9.17, 15) is 4.79 Å². The summed E-state index contributed by atoms with van der Waals surface area (Å²) in [7, 11) is 0. The molecule has 0 atom stereocenters. The fourth-order valence-electron chi connectivity index (χ4n) is 3.78. The first-order chi connectivity index (χ1) is 10.2. The van der Waals surface area contributed by atoms with Crippen LogP contribution in [0.2, 0.25) is 12.8 Å². The van der Waals surface area contributed by atoms with Crippen LogP contribution in [0.5, 0.6) is 0 Å². The Morgan fingerprint density at radius 3 is 2.00 bits per heavy atom. The molecule has 0 saturated heterocycles. The maximum absolute atomic E-state index is 12.3. The summed E-state index contributed by atoms with van der Waals surface area (Å²) in [5, 5.41) is 0. The predicted octanol–water partition coefficient (Wildman–Crippen LogP) is 6.21. The van der Waals surface area contributed by atoms with E-state index in [0.717, 1.165) is 10.4 Å². The second-order valence-electron chi connectivity index (χ2n) is 6.83. The van der Waals surface area contributed by atoms with Gasteiger partial charge in [0, 0.05) is 0 Å². The molecule has 1 saturated carbocycles. The second kappa shape index (κ2) is 10.9. The van der Waals surface area contributed by atoms with Gasteiger partial charge in [-0.2, -0.15) is 0 Å². The molecular formula is C18H36O2Sn. The molecule has 2 nitrogen and oxygen atoms in total. The zero-order valence-electron chi connectivity index (χ0n) is 14.6. The zero-order chi connectivity index (χ0) is 15.6. The zero-order valence-corrected chi connectivity index (χ0v) is 17.4. The minimum atomic E-state index is -2.77. The van der Waals surface area contributed by atoms with Gasteiger partial charge in [0.1, 0.15) is 0 Å². The van der Waals surface area contributed by atoms with Gasteiger partial charge in [0.15, 0.2) is 0 Å². The Hall–Kier alpha value is 0.269. The number of hydrogen-bond donors (Lipinski definition) is 0. The molecule has 0 heterocycles. The van der Waals surface area contributed by atoms with Crippen LogP contribution < -0.4 is 0 Å². The molecule has 1 aliphatic rings. The van der Waals surface area contributed by atoms with Gasteiger partial charge in [-0.15, -0.1) is 0 Å².